The highest BCUT2D eigenvalue weighted by Crippen LogP contribution is 2.40. The lowest BCUT2D eigenvalue weighted by Gasteiger charge is -2.07. The van der Waals surface area contributed by atoms with Crippen LogP contribution in [0.25, 0.3) is 10.2 Å². The molecule has 0 unspecified atom stereocenters. The first kappa shape index (κ1) is 17.8. The molecule has 1 aliphatic carbocycles. The van der Waals surface area contributed by atoms with Gasteiger partial charge in [-0.1, -0.05) is 11.8 Å². The van der Waals surface area contributed by atoms with Crippen LogP contribution in [0.4, 0.5) is 15.8 Å². The van der Waals surface area contributed by atoms with Crippen molar-refractivity contribution in [2.24, 2.45) is 0 Å². The Morgan fingerprint density at radius 1 is 1.37 bits per heavy atom. The Morgan fingerprint density at radius 3 is 3.04 bits per heavy atom. The number of benzene rings is 1. The molecule has 0 bridgehead atoms. The van der Waals surface area contributed by atoms with Gasteiger partial charge in [-0.05, 0) is 30.9 Å². The predicted molar refractivity (Wildman–Crippen MR) is 102 cm³/mol. The molecule has 0 fully saturated rings. The molecule has 0 saturated heterocycles. The molecule has 27 heavy (non-hydrogen) atoms. The summed E-state index contributed by atoms with van der Waals surface area (Å²) >= 11 is 2.92. The van der Waals surface area contributed by atoms with E-state index in [4.69, 9.17) is 0 Å². The van der Waals surface area contributed by atoms with Crippen LogP contribution in [0, 0.1) is 15.9 Å². The van der Waals surface area contributed by atoms with Crippen LogP contribution >= 0.6 is 23.1 Å². The zero-order chi connectivity index (χ0) is 19.0. The van der Waals surface area contributed by atoms with E-state index in [0.717, 1.165) is 52.7 Å². The van der Waals surface area contributed by atoms with Crippen molar-refractivity contribution in [2.75, 3.05) is 11.1 Å². The molecule has 1 N–H and O–H groups in total. The van der Waals surface area contributed by atoms with E-state index >= 15 is 0 Å². The van der Waals surface area contributed by atoms with Crippen LogP contribution in [0.5, 0.6) is 0 Å². The van der Waals surface area contributed by atoms with Crippen LogP contribution in [-0.4, -0.2) is 26.6 Å². The Hall–Kier alpha value is -2.59. The van der Waals surface area contributed by atoms with E-state index in [1.165, 1.54) is 28.5 Å². The number of halogens is 1. The molecular weight excluding hydrogens is 391 g/mol. The number of hydrogen-bond acceptors (Lipinski definition) is 7. The molecule has 3 aromatic rings. The molecular formula is C17H13FN4O3S2. The maximum Gasteiger partial charge on any atom is 0.271 e. The van der Waals surface area contributed by atoms with Crippen molar-refractivity contribution < 1.29 is 14.1 Å². The normalized spacial score (nSPS) is 12.9. The molecule has 0 saturated carbocycles. The average molecular weight is 404 g/mol. The zero-order valence-electron chi connectivity index (χ0n) is 13.9. The molecule has 0 spiro atoms. The smallest absolute Gasteiger partial charge is 0.271 e. The topological polar surface area (TPSA) is 98.0 Å². The Kier molecular flexibility index (Phi) is 4.75. The number of nitro groups is 1. The third kappa shape index (κ3) is 3.50. The number of carbonyl (C=O) groups is 1. The fourth-order valence-electron chi connectivity index (χ4n) is 3.05. The predicted octanol–water partition coefficient (Wildman–Crippen LogP) is 3.96. The lowest BCUT2D eigenvalue weighted by Crippen LogP contribution is -2.15. The van der Waals surface area contributed by atoms with E-state index in [1.807, 2.05) is 0 Å². The van der Waals surface area contributed by atoms with Crippen molar-refractivity contribution in [3.05, 3.63) is 50.9 Å². The standard InChI is InChI=1S/C17H13FN4O3S2/c18-11-5-4-9(22(24)25)6-12(11)21-14(23)7-26-16-15-10-2-1-3-13(10)27-17(15)20-8-19-16/h4-6,8H,1-3,7H2,(H,21,23). The lowest BCUT2D eigenvalue weighted by molar-refractivity contribution is -0.384. The molecule has 7 nitrogen and oxygen atoms in total. The van der Waals surface area contributed by atoms with E-state index in [-0.39, 0.29) is 17.1 Å². The maximum atomic E-state index is 13.8. The molecule has 1 amide bonds. The van der Waals surface area contributed by atoms with Gasteiger partial charge in [-0.2, -0.15) is 0 Å². The number of amides is 1. The number of aryl methyl sites for hydroxylation is 2. The summed E-state index contributed by atoms with van der Waals surface area (Å²) in [7, 11) is 0. The minimum Gasteiger partial charge on any atom is -0.323 e. The highest BCUT2D eigenvalue weighted by atomic mass is 32.2. The second-order valence-electron chi connectivity index (χ2n) is 5.97. The van der Waals surface area contributed by atoms with E-state index < -0.39 is 16.6 Å². The van der Waals surface area contributed by atoms with Gasteiger partial charge in [0.15, 0.2) is 0 Å². The van der Waals surface area contributed by atoms with E-state index in [1.54, 1.807) is 11.3 Å². The van der Waals surface area contributed by atoms with Crippen molar-refractivity contribution in [1.29, 1.82) is 0 Å². The van der Waals surface area contributed by atoms with Crippen LogP contribution in [0.1, 0.15) is 16.9 Å². The quantitative estimate of drug-likeness (QED) is 0.299. The summed E-state index contributed by atoms with van der Waals surface area (Å²) in [6.45, 7) is 0. The number of carbonyl (C=O) groups excluding carboxylic acids is 1. The SMILES string of the molecule is O=C(CSc1ncnc2sc3c(c12)CCC3)Nc1cc([N+](=O)[O-])ccc1F. The zero-order valence-corrected chi connectivity index (χ0v) is 15.5. The first-order valence-corrected chi connectivity index (χ1v) is 9.95. The van der Waals surface area contributed by atoms with Crippen LogP contribution in [0.15, 0.2) is 29.6 Å². The fraction of sp³-hybridized carbons (Fsp3) is 0.235. The lowest BCUT2D eigenvalue weighted by atomic mass is 10.2. The summed E-state index contributed by atoms with van der Waals surface area (Å²) in [6, 6.07) is 3.02. The Balaban J connectivity index is 1.50. The van der Waals surface area contributed by atoms with Gasteiger partial charge in [0, 0.05) is 22.4 Å². The van der Waals surface area contributed by atoms with Gasteiger partial charge in [-0.15, -0.1) is 11.3 Å². The molecule has 1 aromatic carbocycles. The van der Waals surface area contributed by atoms with Crippen molar-refractivity contribution in [1.82, 2.24) is 9.97 Å². The van der Waals surface area contributed by atoms with Gasteiger partial charge in [0.2, 0.25) is 5.91 Å². The number of fused-ring (bicyclic) bond motifs is 3. The third-order valence-electron chi connectivity index (χ3n) is 4.24. The van der Waals surface area contributed by atoms with E-state index in [2.05, 4.69) is 15.3 Å². The van der Waals surface area contributed by atoms with Gasteiger partial charge in [0.1, 0.15) is 22.0 Å². The molecule has 2 heterocycles. The molecule has 0 radical (unpaired) electrons. The van der Waals surface area contributed by atoms with Gasteiger partial charge in [-0.3, -0.25) is 14.9 Å². The average Bonchev–Trinajstić information content (AvgIpc) is 3.22. The largest absolute Gasteiger partial charge is 0.323 e. The number of hydrogen-bond donors (Lipinski definition) is 1. The number of non-ortho nitro benzene ring substituents is 1. The molecule has 4 rings (SSSR count). The maximum absolute atomic E-state index is 13.8. The van der Waals surface area contributed by atoms with Gasteiger partial charge in [-0.25, -0.2) is 14.4 Å². The first-order valence-electron chi connectivity index (χ1n) is 8.15. The molecule has 138 valence electrons. The van der Waals surface area contributed by atoms with Gasteiger partial charge >= 0.3 is 0 Å². The number of nitrogens with zero attached hydrogens (tertiary/aromatic N) is 3. The molecule has 0 aliphatic heterocycles. The summed E-state index contributed by atoms with van der Waals surface area (Å²) in [6.07, 6.45) is 4.63. The summed E-state index contributed by atoms with van der Waals surface area (Å²) in [5, 5.41) is 14.9. The summed E-state index contributed by atoms with van der Waals surface area (Å²) in [4.78, 5) is 33.3. The number of anilines is 1. The van der Waals surface area contributed by atoms with Crippen molar-refractivity contribution in [2.45, 2.75) is 24.3 Å². The van der Waals surface area contributed by atoms with Crippen LogP contribution in [0.2, 0.25) is 0 Å². The first-order chi connectivity index (χ1) is 13.0. The van der Waals surface area contributed by atoms with Gasteiger partial charge in [0.25, 0.3) is 5.69 Å². The molecule has 10 heteroatoms. The van der Waals surface area contributed by atoms with Crippen LogP contribution < -0.4 is 5.32 Å². The van der Waals surface area contributed by atoms with Gasteiger partial charge < -0.3 is 5.32 Å². The Morgan fingerprint density at radius 2 is 2.22 bits per heavy atom. The van der Waals surface area contributed by atoms with E-state index in [0.29, 0.717) is 0 Å². The summed E-state index contributed by atoms with van der Waals surface area (Å²) in [5.74, 6) is -1.17. The number of thiophene rings is 1. The monoisotopic (exact) mass is 404 g/mol. The minimum atomic E-state index is -0.723. The number of thioether (sulfide) groups is 1. The number of nitro benzene ring substituents is 1. The fourth-order valence-corrected chi connectivity index (χ4v) is 5.17. The number of rotatable bonds is 5. The Bertz CT molecular complexity index is 1070. The second-order valence-corrected chi connectivity index (χ2v) is 8.02. The highest BCUT2D eigenvalue weighted by molar-refractivity contribution is 8.00. The number of nitrogens with one attached hydrogen (secondary N) is 1. The van der Waals surface area contributed by atoms with Crippen molar-refractivity contribution >= 4 is 50.6 Å². The third-order valence-corrected chi connectivity index (χ3v) is 6.43. The molecule has 0 atom stereocenters. The van der Waals surface area contributed by atoms with Gasteiger partial charge in [0.05, 0.1) is 16.4 Å². The Labute approximate surface area is 161 Å². The minimum absolute atomic E-state index is 0.0128. The number of aromatic nitrogens is 2. The van der Waals surface area contributed by atoms with E-state index in [9.17, 15) is 19.3 Å². The van der Waals surface area contributed by atoms with Crippen molar-refractivity contribution in [3.63, 3.8) is 0 Å². The molecule has 1 aliphatic rings. The summed E-state index contributed by atoms with van der Waals surface area (Å²) < 4.78 is 13.8. The highest BCUT2D eigenvalue weighted by Gasteiger charge is 2.22. The summed E-state index contributed by atoms with van der Waals surface area (Å²) in [5.41, 5.74) is 0.771. The molecule has 2 aromatic heterocycles. The van der Waals surface area contributed by atoms with Crippen molar-refractivity contribution in [3.8, 4) is 0 Å². The van der Waals surface area contributed by atoms with Crippen LogP contribution in [0.3, 0.4) is 0 Å². The second kappa shape index (κ2) is 7.20. The van der Waals surface area contributed by atoms with Crippen LogP contribution in [-0.2, 0) is 17.6 Å².